The highest BCUT2D eigenvalue weighted by atomic mass is 127. The number of aryl methyl sites for hydroxylation is 1. The molecule has 1 atom stereocenters. The molecule has 35 heavy (non-hydrogen) atoms. The van der Waals surface area contributed by atoms with Crippen molar-refractivity contribution < 1.29 is 14.3 Å². The summed E-state index contributed by atoms with van der Waals surface area (Å²) in [6.45, 7) is 5.71. The summed E-state index contributed by atoms with van der Waals surface area (Å²) in [6, 6.07) is 14.6. The minimum Gasteiger partial charge on any atom is -0.478 e. The molecule has 9 heteroatoms. The largest absolute Gasteiger partial charge is 0.478 e. The number of carbonyl (C=O) groups excluding carboxylic acids is 1. The summed E-state index contributed by atoms with van der Waals surface area (Å²) in [5.41, 5.74) is 3.38. The van der Waals surface area contributed by atoms with Crippen LogP contribution in [0.25, 0.3) is 6.08 Å². The van der Waals surface area contributed by atoms with Crippen LogP contribution >= 0.6 is 33.9 Å². The van der Waals surface area contributed by atoms with Gasteiger partial charge in [-0.25, -0.2) is 9.79 Å². The molecular formula is C26H22IN3O4S. The van der Waals surface area contributed by atoms with Crippen molar-refractivity contribution in [1.29, 1.82) is 5.26 Å². The van der Waals surface area contributed by atoms with Crippen molar-refractivity contribution in [2.24, 2.45) is 4.99 Å². The number of fused-ring (bicyclic) bond motifs is 1. The molecule has 3 aromatic rings. The fraction of sp³-hybridized carbons (Fsp3) is 0.231. The Morgan fingerprint density at radius 2 is 2.00 bits per heavy atom. The molecule has 0 aliphatic carbocycles. The molecule has 0 bridgehead atoms. The molecule has 0 spiro atoms. The van der Waals surface area contributed by atoms with E-state index in [-0.39, 0.29) is 18.8 Å². The first-order chi connectivity index (χ1) is 16.8. The van der Waals surface area contributed by atoms with Crippen LogP contribution in [0.15, 0.2) is 63.5 Å². The van der Waals surface area contributed by atoms with Gasteiger partial charge in [-0.2, -0.15) is 5.26 Å². The number of carbonyl (C=O) groups is 1. The topological polar surface area (TPSA) is 93.7 Å². The monoisotopic (exact) mass is 599 g/mol. The van der Waals surface area contributed by atoms with Gasteiger partial charge in [0.2, 0.25) is 0 Å². The zero-order valence-corrected chi connectivity index (χ0v) is 22.3. The number of thiazole rings is 1. The van der Waals surface area contributed by atoms with Crippen LogP contribution in [0.4, 0.5) is 0 Å². The Balaban J connectivity index is 1.87. The molecule has 0 saturated carbocycles. The first-order valence-corrected chi connectivity index (χ1v) is 12.8. The van der Waals surface area contributed by atoms with Gasteiger partial charge in [-0.3, -0.25) is 9.36 Å². The van der Waals surface area contributed by atoms with Crippen molar-refractivity contribution in [3.8, 4) is 11.8 Å². The zero-order chi connectivity index (χ0) is 25.1. The lowest BCUT2D eigenvalue weighted by Gasteiger charge is -2.24. The smallest absolute Gasteiger partial charge is 0.338 e. The lowest BCUT2D eigenvalue weighted by Crippen LogP contribution is -2.39. The molecular weight excluding hydrogens is 577 g/mol. The second-order valence-corrected chi connectivity index (χ2v) is 10.0. The van der Waals surface area contributed by atoms with E-state index in [1.165, 1.54) is 11.3 Å². The van der Waals surface area contributed by atoms with Gasteiger partial charge in [0, 0.05) is 0 Å². The molecule has 0 saturated heterocycles. The van der Waals surface area contributed by atoms with Crippen LogP contribution in [-0.4, -0.2) is 23.8 Å². The van der Waals surface area contributed by atoms with Gasteiger partial charge in [-0.1, -0.05) is 47.2 Å². The van der Waals surface area contributed by atoms with Gasteiger partial charge in [0.25, 0.3) is 5.56 Å². The molecule has 0 unspecified atom stereocenters. The summed E-state index contributed by atoms with van der Waals surface area (Å²) in [6.07, 6.45) is 1.80. The van der Waals surface area contributed by atoms with Gasteiger partial charge in [0.15, 0.2) is 11.4 Å². The molecule has 0 N–H and O–H groups in total. The minimum absolute atomic E-state index is 0.0326. The third-order valence-electron chi connectivity index (χ3n) is 5.46. The number of halogens is 1. The summed E-state index contributed by atoms with van der Waals surface area (Å²) in [7, 11) is 0. The second-order valence-electron chi connectivity index (χ2n) is 7.85. The van der Waals surface area contributed by atoms with E-state index in [4.69, 9.17) is 14.7 Å². The van der Waals surface area contributed by atoms with Crippen molar-refractivity contribution >= 4 is 46.0 Å². The molecule has 4 rings (SSSR count). The number of benzene rings is 2. The van der Waals surface area contributed by atoms with E-state index in [1.54, 1.807) is 30.6 Å². The molecule has 0 radical (unpaired) electrons. The van der Waals surface area contributed by atoms with E-state index in [0.29, 0.717) is 26.4 Å². The summed E-state index contributed by atoms with van der Waals surface area (Å²) < 4.78 is 13.6. The molecule has 0 fully saturated rings. The Morgan fingerprint density at radius 3 is 2.66 bits per heavy atom. The van der Waals surface area contributed by atoms with E-state index in [9.17, 15) is 9.59 Å². The van der Waals surface area contributed by atoms with E-state index in [2.05, 4.69) is 27.6 Å². The van der Waals surface area contributed by atoms with Crippen LogP contribution in [0, 0.1) is 21.8 Å². The molecule has 0 amide bonds. The normalized spacial score (nSPS) is 15.3. The van der Waals surface area contributed by atoms with Gasteiger partial charge in [-0.15, -0.1) is 0 Å². The number of allylic oxidation sites excluding steroid dienone is 1. The SMILES string of the molecule is CCOC(=O)C1=C(C)N=c2s/c(=C/c3ccc(OCC#N)c(I)c3)c(=O)n2[C@@H]1c1ccc(C)cc1. The maximum Gasteiger partial charge on any atom is 0.338 e. The number of rotatable bonds is 6. The molecule has 2 aromatic carbocycles. The van der Waals surface area contributed by atoms with E-state index < -0.39 is 12.0 Å². The summed E-state index contributed by atoms with van der Waals surface area (Å²) >= 11 is 3.41. The van der Waals surface area contributed by atoms with Gasteiger partial charge >= 0.3 is 5.97 Å². The predicted octanol–water partition coefficient (Wildman–Crippen LogP) is 3.61. The summed E-state index contributed by atoms with van der Waals surface area (Å²) in [5, 5.41) is 8.74. The third-order valence-corrected chi connectivity index (χ3v) is 7.28. The predicted molar refractivity (Wildman–Crippen MR) is 142 cm³/mol. The first kappa shape index (κ1) is 24.9. The lowest BCUT2D eigenvalue weighted by molar-refractivity contribution is -0.139. The number of hydrogen-bond acceptors (Lipinski definition) is 7. The Kier molecular flexibility index (Phi) is 7.52. The standard InChI is InChI=1S/C26H22IN3O4S/c1-4-33-25(32)22-16(3)29-26-30(23(22)18-8-5-15(2)6-9-18)24(31)21(35-26)14-17-7-10-20(19(27)13-17)34-12-11-28/h5-10,13-14,23H,4,12H2,1-3H3/b21-14+/t23-/m1/s1. The first-order valence-electron chi connectivity index (χ1n) is 10.9. The molecule has 1 aliphatic rings. The van der Waals surface area contributed by atoms with Crippen LogP contribution in [0.2, 0.25) is 0 Å². The Hall–Kier alpha value is -3.23. The quantitative estimate of drug-likeness (QED) is 0.319. The number of hydrogen-bond donors (Lipinski definition) is 0. The minimum atomic E-state index is -0.630. The van der Waals surface area contributed by atoms with Crippen molar-refractivity contribution in [3.63, 3.8) is 0 Å². The van der Waals surface area contributed by atoms with E-state index >= 15 is 0 Å². The van der Waals surface area contributed by atoms with Crippen molar-refractivity contribution in [1.82, 2.24) is 4.57 Å². The molecule has 2 heterocycles. The second kappa shape index (κ2) is 10.6. The Morgan fingerprint density at radius 1 is 1.26 bits per heavy atom. The Labute approximate surface area is 219 Å². The third kappa shape index (κ3) is 5.09. The lowest BCUT2D eigenvalue weighted by atomic mass is 9.95. The maximum absolute atomic E-state index is 13.6. The van der Waals surface area contributed by atoms with Crippen LogP contribution in [0.5, 0.6) is 5.75 Å². The highest BCUT2D eigenvalue weighted by Crippen LogP contribution is 2.31. The van der Waals surface area contributed by atoms with E-state index in [1.807, 2.05) is 49.4 Å². The van der Waals surface area contributed by atoms with E-state index in [0.717, 1.165) is 20.3 Å². The average Bonchev–Trinajstić information content (AvgIpc) is 3.12. The van der Waals surface area contributed by atoms with Gasteiger partial charge in [0.05, 0.1) is 32.0 Å². The van der Waals surface area contributed by atoms with Crippen molar-refractivity contribution in [2.45, 2.75) is 26.8 Å². The number of esters is 1. The van der Waals surface area contributed by atoms with Crippen LogP contribution < -0.4 is 19.6 Å². The zero-order valence-electron chi connectivity index (χ0n) is 19.4. The maximum atomic E-state index is 13.6. The number of aromatic nitrogens is 1. The summed E-state index contributed by atoms with van der Waals surface area (Å²) in [5.74, 6) is 0.135. The fourth-order valence-electron chi connectivity index (χ4n) is 3.84. The number of nitriles is 1. The summed E-state index contributed by atoms with van der Waals surface area (Å²) in [4.78, 5) is 31.7. The van der Waals surface area contributed by atoms with Crippen LogP contribution in [0.3, 0.4) is 0 Å². The van der Waals surface area contributed by atoms with Gasteiger partial charge < -0.3 is 9.47 Å². The highest BCUT2D eigenvalue weighted by Gasteiger charge is 2.33. The van der Waals surface area contributed by atoms with Crippen LogP contribution in [-0.2, 0) is 9.53 Å². The molecule has 178 valence electrons. The van der Waals surface area contributed by atoms with Crippen LogP contribution in [0.1, 0.15) is 36.6 Å². The highest BCUT2D eigenvalue weighted by molar-refractivity contribution is 14.1. The van der Waals surface area contributed by atoms with Crippen molar-refractivity contribution in [3.05, 3.63) is 93.7 Å². The molecule has 1 aliphatic heterocycles. The van der Waals surface area contributed by atoms with Gasteiger partial charge in [-0.05, 0) is 72.7 Å². The molecule has 1 aromatic heterocycles. The molecule has 7 nitrogen and oxygen atoms in total. The fourth-order valence-corrected chi connectivity index (χ4v) is 5.58. The number of nitrogens with zero attached hydrogens (tertiary/aromatic N) is 3. The van der Waals surface area contributed by atoms with Crippen molar-refractivity contribution in [2.75, 3.05) is 13.2 Å². The number of ether oxygens (including phenoxy) is 2. The Bertz CT molecular complexity index is 1550. The average molecular weight is 599 g/mol. The van der Waals surface area contributed by atoms with Gasteiger partial charge in [0.1, 0.15) is 11.8 Å².